The van der Waals surface area contributed by atoms with E-state index < -0.39 is 11.7 Å². The Morgan fingerprint density at radius 1 is 1.50 bits per heavy atom. The van der Waals surface area contributed by atoms with E-state index in [9.17, 15) is 13.9 Å². The Labute approximate surface area is 44.7 Å². The van der Waals surface area contributed by atoms with Crippen LogP contribution in [0.4, 0.5) is 8.78 Å². The lowest BCUT2D eigenvalue weighted by atomic mass is 10.3. The van der Waals surface area contributed by atoms with E-state index in [0.717, 1.165) is 0 Å². The fourth-order valence-corrected chi connectivity index (χ4v) is 0.409. The number of aliphatic hydroxyl groups is 1. The van der Waals surface area contributed by atoms with Gasteiger partial charge in [0.15, 0.2) is 5.60 Å². The topological polar surface area (TPSA) is 40.1 Å². The van der Waals surface area contributed by atoms with E-state index in [1.807, 2.05) is 0 Å². The first-order valence-corrected chi connectivity index (χ1v) is 2.26. The second kappa shape index (κ2) is 1.19. The number of hydrogen-bond acceptors (Lipinski definition) is 1. The van der Waals surface area contributed by atoms with E-state index in [1.165, 1.54) is 0 Å². The van der Waals surface area contributed by atoms with E-state index in [0.29, 0.717) is 0 Å². The predicted octanol–water partition coefficient (Wildman–Crippen LogP) is 0.535. The van der Waals surface area contributed by atoms with Gasteiger partial charge in [-0.1, -0.05) is 0 Å². The van der Waals surface area contributed by atoms with Crippen molar-refractivity contribution in [3.05, 3.63) is 0 Å². The zero-order valence-corrected chi connectivity index (χ0v) is 4.03. The molecule has 1 N–H and O–H groups in total. The van der Waals surface area contributed by atoms with Crippen molar-refractivity contribution < 1.29 is 19.0 Å². The molecular formula is C4H5F2O2. The minimum atomic E-state index is -4.15. The molecule has 1 fully saturated rings. The molecular weight excluding hydrogens is 118 g/mol. The van der Waals surface area contributed by atoms with Crippen molar-refractivity contribution in [2.75, 3.05) is 0 Å². The van der Waals surface area contributed by atoms with Gasteiger partial charge in [-0.05, 0) is 12.8 Å². The van der Waals surface area contributed by atoms with Crippen LogP contribution in [0.1, 0.15) is 12.8 Å². The van der Waals surface area contributed by atoms with Crippen LogP contribution in [0.15, 0.2) is 0 Å². The minimum Gasteiger partial charge on any atom is -0.381 e. The van der Waals surface area contributed by atoms with Crippen molar-refractivity contribution in [1.82, 2.24) is 0 Å². The van der Waals surface area contributed by atoms with Crippen LogP contribution < -0.4 is 0 Å². The first-order valence-electron chi connectivity index (χ1n) is 2.26. The maximum atomic E-state index is 11.5. The fraction of sp³-hybridized carbons (Fsp3) is 1.00. The third-order valence-electron chi connectivity index (χ3n) is 1.27. The first kappa shape index (κ1) is 5.91. The lowest BCUT2D eigenvalue weighted by molar-refractivity contribution is -0.305. The van der Waals surface area contributed by atoms with E-state index in [4.69, 9.17) is 5.11 Å². The van der Waals surface area contributed by atoms with Gasteiger partial charge in [0, 0.05) is 0 Å². The summed E-state index contributed by atoms with van der Waals surface area (Å²) in [6.45, 7) is 0. The summed E-state index contributed by atoms with van der Waals surface area (Å²) >= 11 is 0. The number of rotatable bonds is 1. The minimum absolute atomic E-state index is 0.0660. The highest BCUT2D eigenvalue weighted by atomic mass is 19.3. The predicted molar refractivity (Wildman–Crippen MR) is 19.8 cm³/mol. The summed E-state index contributed by atoms with van der Waals surface area (Å²) in [5.41, 5.74) is -2.20. The Hall–Kier alpha value is -0.220. The van der Waals surface area contributed by atoms with Crippen LogP contribution in [0.2, 0.25) is 0 Å². The van der Waals surface area contributed by atoms with Gasteiger partial charge < -0.3 is 5.11 Å². The van der Waals surface area contributed by atoms with Crippen LogP contribution >= 0.6 is 0 Å². The molecule has 0 amide bonds. The smallest absolute Gasteiger partial charge is 0.381 e. The van der Waals surface area contributed by atoms with Crippen LogP contribution in [0.3, 0.4) is 0 Å². The Bertz CT molecular complexity index is 99.9. The highest BCUT2D eigenvalue weighted by molar-refractivity contribution is 4.99. The highest BCUT2D eigenvalue weighted by Gasteiger charge is 2.62. The van der Waals surface area contributed by atoms with Gasteiger partial charge in [-0.15, -0.1) is 0 Å². The number of alkyl halides is 2. The lowest BCUT2D eigenvalue weighted by Gasteiger charge is -2.10. The monoisotopic (exact) mass is 123 g/mol. The molecule has 1 aliphatic rings. The molecule has 4 heteroatoms. The molecule has 0 heterocycles. The molecule has 0 spiro atoms. The van der Waals surface area contributed by atoms with Gasteiger partial charge in [0.2, 0.25) is 0 Å². The Balaban J connectivity index is 2.58. The molecule has 0 unspecified atom stereocenters. The van der Waals surface area contributed by atoms with E-state index in [-0.39, 0.29) is 12.8 Å². The third-order valence-corrected chi connectivity index (χ3v) is 1.27. The maximum absolute atomic E-state index is 11.5. The summed E-state index contributed by atoms with van der Waals surface area (Å²) in [6.07, 6.45) is -4.28. The second-order valence-electron chi connectivity index (χ2n) is 2.05. The third kappa shape index (κ3) is 0.695. The fourth-order valence-electron chi connectivity index (χ4n) is 0.409. The van der Waals surface area contributed by atoms with E-state index in [2.05, 4.69) is 0 Å². The standard InChI is InChI=1S/C4H5F2O2/c5-4(6,8)3(7)1-2-3/h7H,1-2H2. The Morgan fingerprint density at radius 3 is 1.88 bits per heavy atom. The van der Waals surface area contributed by atoms with Crippen LogP contribution in [-0.4, -0.2) is 16.8 Å². The van der Waals surface area contributed by atoms with Crippen molar-refractivity contribution >= 4 is 0 Å². The van der Waals surface area contributed by atoms with Gasteiger partial charge in [0.25, 0.3) is 0 Å². The molecule has 47 valence electrons. The maximum Gasteiger partial charge on any atom is 0.409 e. The zero-order chi connectivity index (χ0) is 6.41. The van der Waals surface area contributed by atoms with Crippen LogP contribution in [0, 0.1) is 0 Å². The molecule has 0 aromatic carbocycles. The SMILES string of the molecule is [O]C(F)(F)C1(O)CC1. The normalized spacial score (nSPS) is 25.5. The molecule has 0 aliphatic heterocycles. The number of halogens is 2. The molecule has 0 atom stereocenters. The van der Waals surface area contributed by atoms with Gasteiger partial charge in [0.05, 0.1) is 0 Å². The molecule has 8 heavy (non-hydrogen) atoms. The van der Waals surface area contributed by atoms with E-state index >= 15 is 0 Å². The summed E-state index contributed by atoms with van der Waals surface area (Å²) in [5, 5.41) is 18.0. The van der Waals surface area contributed by atoms with Crippen LogP contribution in [0.5, 0.6) is 0 Å². The Kier molecular flexibility index (Phi) is 0.881. The summed E-state index contributed by atoms with van der Waals surface area (Å²) in [4.78, 5) is 0. The molecule has 0 bridgehead atoms. The summed E-state index contributed by atoms with van der Waals surface area (Å²) in [6, 6.07) is 0. The average Bonchev–Trinajstić information content (AvgIpc) is 2.16. The van der Waals surface area contributed by atoms with Crippen LogP contribution in [-0.2, 0) is 5.11 Å². The lowest BCUT2D eigenvalue weighted by Crippen LogP contribution is -2.33. The van der Waals surface area contributed by atoms with Gasteiger partial charge in [-0.2, -0.15) is 13.9 Å². The van der Waals surface area contributed by atoms with Crippen molar-refractivity contribution in [2.45, 2.75) is 24.6 Å². The molecule has 0 saturated heterocycles. The summed E-state index contributed by atoms with van der Waals surface area (Å²) in [7, 11) is 0. The molecule has 0 aromatic heterocycles. The van der Waals surface area contributed by atoms with E-state index in [1.54, 1.807) is 0 Å². The van der Waals surface area contributed by atoms with Gasteiger partial charge >= 0.3 is 6.11 Å². The average molecular weight is 123 g/mol. The Morgan fingerprint density at radius 2 is 1.88 bits per heavy atom. The summed E-state index contributed by atoms with van der Waals surface area (Å²) in [5.74, 6) is 0. The molecule has 1 saturated carbocycles. The van der Waals surface area contributed by atoms with Crippen molar-refractivity contribution in [2.24, 2.45) is 0 Å². The molecule has 0 aromatic rings. The number of hydrogen-bond donors (Lipinski definition) is 1. The highest BCUT2D eigenvalue weighted by Crippen LogP contribution is 2.46. The zero-order valence-electron chi connectivity index (χ0n) is 4.03. The van der Waals surface area contributed by atoms with Gasteiger partial charge in [0.1, 0.15) is 0 Å². The molecule has 2 nitrogen and oxygen atoms in total. The van der Waals surface area contributed by atoms with Crippen molar-refractivity contribution in [1.29, 1.82) is 0 Å². The second-order valence-corrected chi connectivity index (χ2v) is 2.05. The largest absolute Gasteiger partial charge is 0.409 e. The summed E-state index contributed by atoms with van der Waals surface area (Å²) < 4.78 is 23.0. The molecule has 1 radical (unpaired) electrons. The van der Waals surface area contributed by atoms with Gasteiger partial charge in [-0.3, -0.25) is 0 Å². The van der Waals surface area contributed by atoms with Crippen LogP contribution in [0.25, 0.3) is 0 Å². The quantitative estimate of drug-likeness (QED) is 0.543. The van der Waals surface area contributed by atoms with Crippen molar-refractivity contribution in [3.8, 4) is 0 Å². The van der Waals surface area contributed by atoms with Gasteiger partial charge in [-0.25, -0.2) is 0 Å². The first-order chi connectivity index (χ1) is 3.46. The molecule has 1 rings (SSSR count). The molecule has 1 aliphatic carbocycles. The van der Waals surface area contributed by atoms with Crippen molar-refractivity contribution in [3.63, 3.8) is 0 Å².